The van der Waals surface area contributed by atoms with Crippen LogP contribution < -0.4 is 25.5 Å². The Morgan fingerprint density at radius 2 is 0.839 bits per heavy atom. The number of fused-ring (bicyclic) bond motifs is 7. The lowest BCUT2D eigenvalue weighted by atomic mass is 9.66. The van der Waals surface area contributed by atoms with Crippen molar-refractivity contribution in [2.24, 2.45) is 0 Å². The zero-order valence-corrected chi connectivity index (χ0v) is 48.0. The number of ether oxygens (including phenoxy) is 1. The summed E-state index contributed by atoms with van der Waals surface area (Å²) in [5.41, 5.74) is 6.55. The summed E-state index contributed by atoms with van der Waals surface area (Å²) in [6.45, 7) is 0. The molecule has 5 heterocycles. The molecule has 0 aliphatic carbocycles. The van der Waals surface area contributed by atoms with Crippen molar-refractivity contribution >= 4 is 56.7 Å². The second-order valence-corrected chi connectivity index (χ2v) is 25.5. The van der Waals surface area contributed by atoms with Gasteiger partial charge in [0.15, 0.2) is 19.7 Å². The second-order valence-electron chi connectivity index (χ2n) is 21.8. The molecule has 15 aromatic rings. The summed E-state index contributed by atoms with van der Waals surface area (Å²) in [6, 6.07) is 102. The molecule has 0 saturated carbocycles. The number of aromatic nitrogens is 7. The number of nitrogens with zero attached hydrogens (tertiary/aromatic N) is 7. The van der Waals surface area contributed by atoms with Crippen molar-refractivity contribution in [1.82, 2.24) is 33.9 Å². The normalized spacial score (nSPS) is 13.7. The Hall–Kier alpha value is -11.1. The van der Waals surface area contributed by atoms with Gasteiger partial charge in [0.25, 0.3) is 0 Å². The summed E-state index contributed by atoms with van der Waals surface area (Å²) in [4.78, 5) is 26.2. The minimum absolute atomic E-state index is 0.0444. The smallest absolute Gasteiger partial charge is 0.220 e. The number of rotatable bonds is 13. The van der Waals surface area contributed by atoms with E-state index >= 15 is 0 Å². The average Bonchev–Trinajstić information content (AvgIpc) is 1.62. The molecule has 9 heteroatoms. The van der Waals surface area contributed by atoms with Crippen LogP contribution in [0.5, 0.6) is 11.5 Å². The van der Waals surface area contributed by atoms with Crippen molar-refractivity contribution in [1.29, 1.82) is 0 Å². The van der Waals surface area contributed by atoms with Crippen molar-refractivity contribution in [2.75, 3.05) is 0 Å². The molecule has 0 radical (unpaired) electrons. The van der Waals surface area contributed by atoms with E-state index in [1.54, 1.807) is 18.2 Å². The van der Waals surface area contributed by atoms with Gasteiger partial charge in [-0.05, 0) is 75.3 Å². The maximum Gasteiger partial charge on any atom is 0.220 e. The van der Waals surface area contributed by atoms with Gasteiger partial charge in [0.2, 0.25) is 5.78 Å². The molecule has 0 atom stereocenters. The molecule has 0 bridgehead atoms. The average molecular weight is 1140 g/mol. The van der Waals surface area contributed by atoms with Crippen LogP contribution in [0.15, 0.2) is 309 Å². The summed E-state index contributed by atoms with van der Waals surface area (Å²) in [6.07, 6.45) is -5.61. The van der Waals surface area contributed by atoms with Crippen LogP contribution in [0.25, 0.3) is 78.8 Å². The maximum atomic E-state index is 11.6. The lowest BCUT2D eigenvalue weighted by molar-refractivity contribution is 0.384. The Labute approximate surface area is 510 Å². The molecule has 4 aromatic heterocycles. The minimum atomic E-state index is -3.82. The number of benzene rings is 11. The zero-order valence-electron chi connectivity index (χ0n) is 51.0. The molecule has 0 unspecified atom stereocenters. The highest BCUT2D eigenvalue weighted by Gasteiger charge is 2.50. The van der Waals surface area contributed by atoms with Gasteiger partial charge in [-0.25, -0.2) is 24.9 Å². The summed E-state index contributed by atoms with van der Waals surface area (Å²) in [5, 5.41) is 3.81. The number of hydrogen-bond acceptors (Lipinski definition) is 6. The molecule has 0 N–H and O–H groups in total. The van der Waals surface area contributed by atoms with E-state index < -0.39 is 26.2 Å². The molecule has 16 rings (SSSR count). The van der Waals surface area contributed by atoms with Crippen LogP contribution in [0.4, 0.5) is 0 Å². The Bertz CT molecular complexity index is 4940. The molecule has 0 amide bonds. The summed E-state index contributed by atoms with van der Waals surface area (Å²) in [5.74, 6) is 1.93. The van der Waals surface area contributed by atoms with Gasteiger partial charge in [-0.2, -0.15) is 0 Å². The molecule has 0 saturated heterocycles. The van der Waals surface area contributed by atoms with Crippen molar-refractivity contribution in [3.05, 3.63) is 332 Å². The SMILES string of the molecule is [2H]C([2H])(c1cc(-c2ccccc2)nc(-c2ccccc2)n1)C1(C([2H])([2H])c2cc(-c3ccccc3)nc(-c3ccccc3)n2)c2ccccc2Oc2c1cccc2[Si](c1ccccc1)(c1ccccc1)c1cccc(-n2c3ccccc3n3c4ccccc4nc23)c1. The van der Waals surface area contributed by atoms with Crippen LogP contribution in [0.2, 0.25) is 0 Å². The number of para-hydroxylation sites is 6. The van der Waals surface area contributed by atoms with Crippen molar-refractivity contribution < 1.29 is 10.2 Å². The predicted molar refractivity (Wildman–Crippen MR) is 354 cm³/mol. The Balaban J connectivity index is 1.04. The fourth-order valence-corrected chi connectivity index (χ4v) is 17.7. The maximum absolute atomic E-state index is 11.6. The Kier molecular flexibility index (Phi) is 11.7. The first kappa shape index (κ1) is 47.3. The number of imidazole rings is 2. The van der Waals surface area contributed by atoms with E-state index in [1.165, 1.54) is 0 Å². The quantitative estimate of drug-likeness (QED) is 0.0845. The summed E-state index contributed by atoms with van der Waals surface area (Å²) < 4.78 is 58.4. The van der Waals surface area contributed by atoms with Crippen LogP contribution >= 0.6 is 0 Å². The van der Waals surface area contributed by atoms with E-state index in [9.17, 15) is 5.48 Å². The van der Waals surface area contributed by atoms with Gasteiger partial charge >= 0.3 is 0 Å². The fourth-order valence-electron chi connectivity index (χ4n) is 12.8. The van der Waals surface area contributed by atoms with Crippen LogP contribution in [0.1, 0.15) is 28.0 Å². The first-order valence-electron chi connectivity index (χ1n) is 31.2. The van der Waals surface area contributed by atoms with Gasteiger partial charge in [-0.3, -0.25) is 8.97 Å². The molecular weight excluding hydrogens is 1080 g/mol. The topological polar surface area (TPSA) is 83.0 Å². The van der Waals surface area contributed by atoms with E-state index in [0.717, 1.165) is 65.4 Å². The summed E-state index contributed by atoms with van der Waals surface area (Å²) >= 11 is 0. The molecule has 412 valence electrons. The molecular formula is C78H55N7OSi. The largest absolute Gasteiger partial charge is 0.457 e. The van der Waals surface area contributed by atoms with Crippen LogP contribution in [0.3, 0.4) is 0 Å². The monoisotopic (exact) mass is 1140 g/mol. The highest BCUT2D eigenvalue weighted by molar-refractivity contribution is 7.20. The van der Waals surface area contributed by atoms with Gasteiger partial charge in [0.05, 0.1) is 33.5 Å². The molecule has 87 heavy (non-hydrogen) atoms. The molecule has 0 fully saturated rings. The van der Waals surface area contributed by atoms with Gasteiger partial charge in [-0.1, -0.05) is 255 Å². The highest BCUT2D eigenvalue weighted by atomic mass is 28.3. The lowest BCUT2D eigenvalue weighted by Crippen LogP contribution is -2.75. The Morgan fingerprint density at radius 3 is 1.43 bits per heavy atom. The standard InChI is InChI=1S/C78H55N7OSi/c1-7-27-54(28-8-1)67-49-58(79-75(81-67)56-31-11-3-12-32-56)52-78(53-59-50-68(55-29-9-2-10-30-55)82-76(80-59)57-33-13-4-14-34-57)64-41-19-24-47-72(64)86-74-65(78)42-26-48-73(74)87(61-36-15-5-16-37-61,62-38-17-6-18-39-62)63-40-25-35-60(51-63)84-70-45-22-23-46-71(70)85-69-44-21-20-43-66(69)83-77(84)85/h1-51H,52-53H2/i52D2,53D2. The first-order valence-corrected chi connectivity index (χ1v) is 31.2. The van der Waals surface area contributed by atoms with Crippen LogP contribution in [0, 0.1) is 0 Å². The molecule has 1 aliphatic heterocycles. The lowest BCUT2D eigenvalue weighted by Gasteiger charge is -2.43. The third-order valence-corrected chi connectivity index (χ3v) is 21.4. The Morgan fingerprint density at radius 1 is 0.379 bits per heavy atom. The van der Waals surface area contributed by atoms with Gasteiger partial charge in [0, 0.05) is 74.1 Å². The molecule has 8 nitrogen and oxygen atoms in total. The fraction of sp³-hybridized carbons (Fsp3) is 0.0385. The van der Waals surface area contributed by atoms with E-state index in [0.29, 0.717) is 28.3 Å². The molecule has 11 aromatic carbocycles. The van der Waals surface area contributed by atoms with Gasteiger partial charge in [0.1, 0.15) is 11.5 Å². The van der Waals surface area contributed by atoms with Crippen LogP contribution in [-0.4, -0.2) is 42.0 Å². The predicted octanol–water partition coefficient (Wildman–Crippen LogP) is 14.9. The third-order valence-electron chi connectivity index (χ3n) is 16.7. The zero-order chi connectivity index (χ0) is 61.3. The summed E-state index contributed by atoms with van der Waals surface area (Å²) in [7, 11) is -3.82. The second kappa shape index (κ2) is 21.5. The first-order chi connectivity index (χ1) is 44.6. The van der Waals surface area contributed by atoms with Crippen LogP contribution in [-0.2, 0) is 18.2 Å². The number of hydrogen-bond donors (Lipinski definition) is 0. The highest BCUT2D eigenvalue weighted by Crippen LogP contribution is 2.52. The van der Waals surface area contributed by atoms with Crippen molar-refractivity contribution in [3.8, 4) is 62.5 Å². The molecule has 1 aliphatic rings. The van der Waals surface area contributed by atoms with Gasteiger partial charge in [-0.15, -0.1) is 0 Å². The van der Waals surface area contributed by atoms with Gasteiger partial charge < -0.3 is 4.74 Å². The third kappa shape index (κ3) is 8.86. The van der Waals surface area contributed by atoms with E-state index in [-0.39, 0.29) is 39.9 Å². The van der Waals surface area contributed by atoms with Crippen molar-refractivity contribution in [2.45, 2.75) is 18.2 Å². The van der Waals surface area contributed by atoms with E-state index in [2.05, 4.69) is 118 Å². The van der Waals surface area contributed by atoms with Crippen molar-refractivity contribution in [3.63, 3.8) is 0 Å². The molecule has 0 spiro atoms. The van der Waals surface area contributed by atoms with E-state index in [4.69, 9.17) is 29.7 Å². The minimum Gasteiger partial charge on any atom is -0.457 e. The van der Waals surface area contributed by atoms with E-state index in [1.807, 2.05) is 182 Å².